The Hall–Kier alpha value is -0.570. The van der Waals surface area contributed by atoms with Crippen LogP contribution < -0.4 is 0 Å². The van der Waals surface area contributed by atoms with Gasteiger partial charge in [-0.25, -0.2) is 0 Å². The second kappa shape index (κ2) is 5.35. The maximum Gasteiger partial charge on any atom is 0.309 e. The highest BCUT2D eigenvalue weighted by molar-refractivity contribution is 5.71. The zero-order chi connectivity index (χ0) is 11.4. The van der Waals surface area contributed by atoms with Crippen molar-refractivity contribution in [2.45, 2.75) is 34.6 Å². The fourth-order valence-corrected chi connectivity index (χ4v) is 1.24. The molecule has 0 saturated heterocycles. The number of ether oxygens (including phenoxy) is 1. The predicted octanol–water partition coefficient (Wildman–Crippen LogP) is 2.41. The van der Waals surface area contributed by atoms with Crippen molar-refractivity contribution in [1.82, 2.24) is 0 Å². The maximum absolute atomic E-state index is 11.1. The summed E-state index contributed by atoms with van der Waals surface area (Å²) in [5.74, 6) is -0.872. The molecule has 0 aromatic rings. The van der Waals surface area contributed by atoms with Crippen LogP contribution in [0.4, 0.5) is 0 Å². The van der Waals surface area contributed by atoms with Gasteiger partial charge in [0.2, 0.25) is 0 Å². The number of hydrogen-bond acceptors (Lipinski definition) is 2. The summed E-state index contributed by atoms with van der Waals surface area (Å²) in [6.45, 7) is 10.8. The molecule has 0 aromatic carbocycles. The summed E-state index contributed by atoms with van der Waals surface area (Å²) < 4.78 is 5.21. The molecule has 1 atom stereocenters. The Labute approximate surface area is 86.5 Å². The summed E-state index contributed by atoms with van der Waals surface area (Å²) in [5, 5.41) is 9.10. The molecular formula is C11H22O3. The first kappa shape index (κ1) is 13.4. The molecule has 0 aliphatic carbocycles. The molecule has 3 heteroatoms. The van der Waals surface area contributed by atoms with E-state index in [2.05, 4.69) is 0 Å². The molecule has 1 N–H and O–H groups in total. The molecule has 0 aliphatic rings. The minimum absolute atomic E-state index is 0.235. The number of carboxylic acids is 1. The van der Waals surface area contributed by atoms with Crippen molar-refractivity contribution in [1.29, 1.82) is 0 Å². The quantitative estimate of drug-likeness (QED) is 0.719. The highest BCUT2D eigenvalue weighted by Crippen LogP contribution is 2.35. The van der Waals surface area contributed by atoms with Crippen LogP contribution in [0.1, 0.15) is 34.6 Å². The number of aliphatic carboxylic acids is 1. The van der Waals surface area contributed by atoms with Crippen LogP contribution in [-0.2, 0) is 9.53 Å². The lowest BCUT2D eigenvalue weighted by Gasteiger charge is -2.35. The zero-order valence-electron chi connectivity index (χ0n) is 9.83. The topological polar surface area (TPSA) is 46.5 Å². The lowest BCUT2D eigenvalue weighted by Crippen LogP contribution is -2.38. The highest BCUT2D eigenvalue weighted by Gasteiger charge is 2.37. The largest absolute Gasteiger partial charge is 0.481 e. The SMILES string of the molecule is CCOCC(C(=O)O)C(C)(C)C(C)C. The molecule has 0 bridgehead atoms. The van der Waals surface area contributed by atoms with Crippen LogP contribution in [0.15, 0.2) is 0 Å². The molecule has 0 aliphatic heterocycles. The summed E-state index contributed by atoms with van der Waals surface area (Å²) in [4.78, 5) is 11.1. The smallest absolute Gasteiger partial charge is 0.309 e. The first-order valence-electron chi connectivity index (χ1n) is 5.14. The van der Waals surface area contributed by atoms with Crippen LogP contribution in [0.25, 0.3) is 0 Å². The molecular weight excluding hydrogens is 180 g/mol. The third-order valence-electron chi connectivity index (χ3n) is 3.17. The van der Waals surface area contributed by atoms with Crippen molar-refractivity contribution < 1.29 is 14.6 Å². The number of rotatable bonds is 6. The van der Waals surface area contributed by atoms with Crippen molar-refractivity contribution in [3.8, 4) is 0 Å². The van der Waals surface area contributed by atoms with Gasteiger partial charge in [-0.2, -0.15) is 0 Å². The average Bonchev–Trinajstić information content (AvgIpc) is 2.03. The standard InChI is InChI=1S/C11H22O3/c1-6-14-7-9(10(12)13)11(4,5)8(2)3/h8-9H,6-7H2,1-5H3,(H,12,13). The molecule has 0 saturated carbocycles. The minimum Gasteiger partial charge on any atom is -0.481 e. The van der Waals surface area contributed by atoms with Gasteiger partial charge in [0.15, 0.2) is 0 Å². The summed E-state index contributed by atoms with van der Waals surface area (Å²) in [7, 11) is 0. The number of hydrogen-bond donors (Lipinski definition) is 1. The molecule has 0 aromatic heterocycles. The monoisotopic (exact) mass is 202 g/mol. The minimum atomic E-state index is -0.767. The van der Waals surface area contributed by atoms with Gasteiger partial charge in [-0.1, -0.05) is 27.7 Å². The van der Waals surface area contributed by atoms with Gasteiger partial charge >= 0.3 is 5.97 Å². The summed E-state index contributed by atoms with van der Waals surface area (Å²) >= 11 is 0. The van der Waals surface area contributed by atoms with Crippen LogP contribution in [0.5, 0.6) is 0 Å². The van der Waals surface area contributed by atoms with E-state index in [4.69, 9.17) is 9.84 Å². The molecule has 0 spiro atoms. The van der Waals surface area contributed by atoms with Gasteiger partial charge in [-0.05, 0) is 18.3 Å². The molecule has 84 valence electrons. The van der Waals surface area contributed by atoms with Gasteiger partial charge in [0.1, 0.15) is 0 Å². The van der Waals surface area contributed by atoms with Crippen LogP contribution in [0.2, 0.25) is 0 Å². The number of carboxylic acid groups (broad SMARTS) is 1. The molecule has 0 radical (unpaired) electrons. The molecule has 0 rings (SSSR count). The van der Waals surface area contributed by atoms with E-state index in [1.54, 1.807) is 0 Å². The van der Waals surface area contributed by atoms with E-state index in [1.165, 1.54) is 0 Å². The van der Waals surface area contributed by atoms with E-state index in [1.807, 2.05) is 34.6 Å². The predicted molar refractivity (Wildman–Crippen MR) is 56.2 cm³/mol. The van der Waals surface area contributed by atoms with Crippen molar-refractivity contribution in [3.63, 3.8) is 0 Å². The van der Waals surface area contributed by atoms with Crippen molar-refractivity contribution in [3.05, 3.63) is 0 Å². The van der Waals surface area contributed by atoms with E-state index in [-0.39, 0.29) is 5.41 Å². The van der Waals surface area contributed by atoms with Crippen LogP contribution in [0, 0.1) is 17.3 Å². The third-order valence-corrected chi connectivity index (χ3v) is 3.17. The fourth-order valence-electron chi connectivity index (χ4n) is 1.24. The Morgan fingerprint density at radius 2 is 1.93 bits per heavy atom. The fraction of sp³-hybridized carbons (Fsp3) is 0.909. The van der Waals surface area contributed by atoms with Gasteiger partial charge in [0.25, 0.3) is 0 Å². The molecule has 0 amide bonds. The molecule has 0 fully saturated rings. The molecule has 14 heavy (non-hydrogen) atoms. The van der Waals surface area contributed by atoms with Crippen LogP contribution in [-0.4, -0.2) is 24.3 Å². The van der Waals surface area contributed by atoms with Crippen LogP contribution >= 0.6 is 0 Å². The Kier molecular flexibility index (Phi) is 5.13. The summed E-state index contributed by atoms with van der Waals surface area (Å²) in [6, 6.07) is 0. The summed E-state index contributed by atoms with van der Waals surface area (Å²) in [5.41, 5.74) is -0.235. The van der Waals surface area contributed by atoms with Gasteiger partial charge in [0, 0.05) is 6.61 Å². The normalized spacial score (nSPS) is 14.4. The second-order valence-corrected chi connectivity index (χ2v) is 4.53. The van der Waals surface area contributed by atoms with Crippen molar-refractivity contribution in [2.75, 3.05) is 13.2 Å². The lowest BCUT2D eigenvalue weighted by molar-refractivity contribution is -0.150. The average molecular weight is 202 g/mol. The second-order valence-electron chi connectivity index (χ2n) is 4.53. The molecule has 1 unspecified atom stereocenters. The Bertz CT molecular complexity index is 185. The molecule has 0 heterocycles. The summed E-state index contributed by atoms with van der Waals surface area (Å²) in [6.07, 6.45) is 0. The molecule has 3 nitrogen and oxygen atoms in total. The highest BCUT2D eigenvalue weighted by atomic mass is 16.5. The van der Waals surface area contributed by atoms with Gasteiger partial charge in [-0.15, -0.1) is 0 Å². The van der Waals surface area contributed by atoms with Gasteiger partial charge < -0.3 is 9.84 Å². The van der Waals surface area contributed by atoms with Gasteiger partial charge in [0.05, 0.1) is 12.5 Å². The van der Waals surface area contributed by atoms with Crippen LogP contribution in [0.3, 0.4) is 0 Å². The Morgan fingerprint density at radius 3 is 2.21 bits per heavy atom. The first-order valence-corrected chi connectivity index (χ1v) is 5.14. The van der Waals surface area contributed by atoms with Crippen molar-refractivity contribution in [2.24, 2.45) is 17.3 Å². The van der Waals surface area contributed by atoms with E-state index in [9.17, 15) is 4.79 Å². The third kappa shape index (κ3) is 3.29. The van der Waals surface area contributed by atoms with E-state index in [0.29, 0.717) is 19.1 Å². The number of carbonyl (C=O) groups is 1. The maximum atomic E-state index is 11.1. The van der Waals surface area contributed by atoms with Crippen molar-refractivity contribution >= 4 is 5.97 Å². The van der Waals surface area contributed by atoms with E-state index < -0.39 is 11.9 Å². The Balaban J connectivity index is 4.55. The Morgan fingerprint density at radius 1 is 1.43 bits per heavy atom. The van der Waals surface area contributed by atoms with E-state index >= 15 is 0 Å². The van der Waals surface area contributed by atoms with E-state index in [0.717, 1.165) is 0 Å². The first-order chi connectivity index (χ1) is 6.34. The lowest BCUT2D eigenvalue weighted by atomic mass is 9.71. The zero-order valence-corrected chi connectivity index (χ0v) is 9.83. The van der Waals surface area contributed by atoms with Gasteiger partial charge in [-0.3, -0.25) is 4.79 Å².